The van der Waals surface area contributed by atoms with Gasteiger partial charge in [0.05, 0.1) is 7.11 Å². The molecular weight excluding hydrogens is 224 g/mol. The SMILES string of the molecule is C#CC#Cc1c(F)c(F)c(OC)c(F)c1F. The van der Waals surface area contributed by atoms with Crippen LogP contribution in [0, 0.1) is 47.5 Å². The van der Waals surface area contributed by atoms with Crippen molar-refractivity contribution in [3.63, 3.8) is 0 Å². The summed E-state index contributed by atoms with van der Waals surface area (Å²) in [7, 11) is 0.882. The van der Waals surface area contributed by atoms with Crippen molar-refractivity contribution in [1.29, 1.82) is 0 Å². The summed E-state index contributed by atoms with van der Waals surface area (Å²) in [6, 6.07) is 0. The molecule has 1 aromatic carbocycles. The molecule has 0 aliphatic carbocycles. The molecule has 0 unspecified atom stereocenters. The molecule has 0 fully saturated rings. The highest BCUT2D eigenvalue weighted by Gasteiger charge is 2.25. The van der Waals surface area contributed by atoms with Crippen LogP contribution in [0.5, 0.6) is 5.75 Å². The molecule has 1 aromatic rings. The Morgan fingerprint density at radius 2 is 1.50 bits per heavy atom. The Kier molecular flexibility index (Phi) is 3.42. The van der Waals surface area contributed by atoms with Gasteiger partial charge in [-0.15, -0.1) is 6.42 Å². The van der Waals surface area contributed by atoms with Gasteiger partial charge < -0.3 is 4.74 Å². The van der Waals surface area contributed by atoms with Crippen molar-refractivity contribution in [2.45, 2.75) is 0 Å². The Hall–Kier alpha value is -2.14. The molecule has 0 radical (unpaired) electrons. The van der Waals surface area contributed by atoms with Gasteiger partial charge in [0.2, 0.25) is 11.6 Å². The fourth-order valence-electron chi connectivity index (χ4n) is 0.999. The number of hydrogen-bond donors (Lipinski definition) is 0. The Labute approximate surface area is 89.0 Å². The summed E-state index contributed by atoms with van der Waals surface area (Å²) in [6.07, 6.45) is 4.73. The maximum Gasteiger partial charge on any atom is 0.205 e. The van der Waals surface area contributed by atoms with Gasteiger partial charge in [0.15, 0.2) is 17.4 Å². The minimum absolute atomic E-state index is 0.882. The second-order valence-electron chi connectivity index (χ2n) is 2.56. The second-order valence-corrected chi connectivity index (χ2v) is 2.56. The van der Waals surface area contributed by atoms with Crippen LogP contribution in [0.25, 0.3) is 0 Å². The molecule has 1 nitrogen and oxygen atoms in total. The van der Waals surface area contributed by atoms with E-state index in [9.17, 15) is 17.6 Å². The summed E-state index contributed by atoms with van der Waals surface area (Å²) < 4.78 is 56.7. The molecule has 0 saturated heterocycles. The summed E-state index contributed by atoms with van der Waals surface area (Å²) in [6.45, 7) is 0. The average molecular weight is 228 g/mol. The lowest BCUT2D eigenvalue weighted by Crippen LogP contribution is -2.04. The van der Waals surface area contributed by atoms with Crippen molar-refractivity contribution in [2.24, 2.45) is 0 Å². The lowest BCUT2D eigenvalue weighted by atomic mass is 10.1. The first-order chi connectivity index (χ1) is 7.54. The predicted molar refractivity (Wildman–Crippen MR) is 48.5 cm³/mol. The Bertz CT molecular complexity index is 503. The zero-order chi connectivity index (χ0) is 12.3. The first-order valence-corrected chi connectivity index (χ1v) is 3.91. The topological polar surface area (TPSA) is 9.23 Å². The van der Waals surface area contributed by atoms with Crippen LogP contribution < -0.4 is 4.74 Å². The van der Waals surface area contributed by atoms with Crippen LogP contribution in [0.4, 0.5) is 17.6 Å². The van der Waals surface area contributed by atoms with Gasteiger partial charge in [-0.3, -0.25) is 0 Å². The van der Waals surface area contributed by atoms with E-state index >= 15 is 0 Å². The summed E-state index contributed by atoms with van der Waals surface area (Å²) in [5.41, 5.74) is -1.06. The Morgan fingerprint density at radius 1 is 1.00 bits per heavy atom. The summed E-state index contributed by atoms with van der Waals surface area (Å²) in [4.78, 5) is 0. The van der Waals surface area contributed by atoms with E-state index in [0.717, 1.165) is 7.11 Å². The molecule has 0 aliphatic rings. The van der Waals surface area contributed by atoms with E-state index in [1.807, 2.05) is 5.92 Å². The summed E-state index contributed by atoms with van der Waals surface area (Å²) >= 11 is 0. The molecule has 0 bridgehead atoms. The van der Waals surface area contributed by atoms with Crippen molar-refractivity contribution >= 4 is 0 Å². The van der Waals surface area contributed by atoms with Crippen molar-refractivity contribution in [3.05, 3.63) is 28.8 Å². The highest BCUT2D eigenvalue weighted by Crippen LogP contribution is 2.29. The van der Waals surface area contributed by atoms with Crippen molar-refractivity contribution in [1.82, 2.24) is 0 Å². The van der Waals surface area contributed by atoms with E-state index in [0.29, 0.717) is 0 Å². The van der Waals surface area contributed by atoms with E-state index in [4.69, 9.17) is 6.42 Å². The van der Waals surface area contributed by atoms with Crippen molar-refractivity contribution in [2.75, 3.05) is 7.11 Å². The normalized spacial score (nSPS) is 9.00. The smallest absolute Gasteiger partial charge is 0.205 e. The molecule has 0 N–H and O–H groups in total. The maximum absolute atomic E-state index is 13.2. The first kappa shape index (κ1) is 11.9. The maximum atomic E-state index is 13.2. The molecule has 16 heavy (non-hydrogen) atoms. The summed E-state index contributed by atoms with van der Waals surface area (Å²) in [5, 5.41) is 0. The highest BCUT2D eigenvalue weighted by atomic mass is 19.2. The largest absolute Gasteiger partial charge is 0.491 e. The zero-order valence-corrected chi connectivity index (χ0v) is 8.00. The van der Waals surface area contributed by atoms with E-state index in [-0.39, 0.29) is 0 Å². The molecule has 0 aliphatic heterocycles. The molecule has 0 saturated carbocycles. The van der Waals surface area contributed by atoms with Gasteiger partial charge in [-0.05, 0) is 17.8 Å². The minimum Gasteiger partial charge on any atom is -0.491 e. The number of hydrogen-bond acceptors (Lipinski definition) is 1. The van der Waals surface area contributed by atoms with Gasteiger partial charge in [-0.2, -0.15) is 8.78 Å². The number of terminal acetylenes is 1. The fourth-order valence-corrected chi connectivity index (χ4v) is 0.999. The summed E-state index contributed by atoms with van der Waals surface area (Å²) in [5.74, 6) is -2.30. The molecule has 0 amide bonds. The van der Waals surface area contributed by atoms with E-state index in [2.05, 4.69) is 4.74 Å². The monoisotopic (exact) mass is 228 g/mol. The van der Waals surface area contributed by atoms with Crippen LogP contribution >= 0.6 is 0 Å². The fraction of sp³-hybridized carbons (Fsp3) is 0.0909. The minimum atomic E-state index is -1.65. The Morgan fingerprint density at radius 3 is 1.88 bits per heavy atom. The molecule has 1 rings (SSSR count). The van der Waals surface area contributed by atoms with Crippen LogP contribution in [0.2, 0.25) is 0 Å². The second kappa shape index (κ2) is 4.59. The van der Waals surface area contributed by atoms with Gasteiger partial charge in [-0.1, -0.05) is 0 Å². The number of halogens is 4. The molecule has 0 atom stereocenters. The number of methoxy groups -OCH3 is 1. The number of rotatable bonds is 1. The first-order valence-electron chi connectivity index (χ1n) is 3.91. The molecule has 0 spiro atoms. The van der Waals surface area contributed by atoms with Gasteiger partial charge in [0, 0.05) is 0 Å². The van der Waals surface area contributed by atoms with Gasteiger partial charge >= 0.3 is 0 Å². The molecule has 82 valence electrons. The third-order valence-corrected chi connectivity index (χ3v) is 1.69. The zero-order valence-electron chi connectivity index (χ0n) is 8.00. The molecule has 0 aromatic heterocycles. The predicted octanol–water partition coefficient (Wildman–Crippen LogP) is 2.24. The Balaban J connectivity index is 3.61. The molecular formula is C11H4F4O. The van der Waals surface area contributed by atoms with Crippen LogP contribution in [0.15, 0.2) is 0 Å². The van der Waals surface area contributed by atoms with Gasteiger partial charge in [-0.25, -0.2) is 8.78 Å². The van der Waals surface area contributed by atoms with E-state index < -0.39 is 34.6 Å². The number of ether oxygens (including phenoxy) is 1. The molecule has 0 heterocycles. The van der Waals surface area contributed by atoms with Crippen molar-refractivity contribution < 1.29 is 22.3 Å². The standard InChI is InChI=1S/C11H4F4O/c1-3-4-5-6-7(12)9(14)11(16-2)10(15)8(6)13/h1H,2H3. The van der Waals surface area contributed by atoms with Crippen LogP contribution in [0.3, 0.4) is 0 Å². The van der Waals surface area contributed by atoms with Crippen molar-refractivity contribution in [3.8, 4) is 29.9 Å². The third kappa shape index (κ3) is 1.80. The van der Waals surface area contributed by atoms with E-state index in [1.165, 1.54) is 0 Å². The van der Waals surface area contributed by atoms with Gasteiger partial charge in [0.25, 0.3) is 0 Å². The lowest BCUT2D eigenvalue weighted by molar-refractivity contribution is 0.331. The van der Waals surface area contributed by atoms with Gasteiger partial charge in [0.1, 0.15) is 5.56 Å². The third-order valence-electron chi connectivity index (χ3n) is 1.69. The average Bonchev–Trinajstić information content (AvgIpc) is 2.27. The quantitative estimate of drug-likeness (QED) is 0.407. The van der Waals surface area contributed by atoms with Crippen LogP contribution in [-0.4, -0.2) is 7.11 Å². The van der Waals surface area contributed by atoms with Crippen LogP contribution in [-0.2, 0) is 0 Å². The van der Waals surface area contributed by atoms with Crippen LogP contribution in [0.1, 0.15) is 5.56 Å². The molecule has 5 heteroatoms. The highest BCUT2D eigenvalue weighted by molar-refractivity contribution is 5.45. The van der Waals surface area contributed by atoms with E-state index in [1.54, 1.807) is 11.8 Å². The number of benzene rings is 1. The lowest BCUT2D eigenvalue weighted by Gasteiger charge is -2.06.